The van der Waals surface area contributed by atoms with E-state index in [1.54, 1.807) is 6.26 Å². The molecular weight excluding hydrogens is 160 g/mol. The molecule has 0 aliphatic carbocycles. The number of aryl methyl sites for hydroxylation is 1. The molecule has 68 valence electrons. The molecule has 1 aromatic carbocycles. The molecule has 0 aliphatic rings. The molecule has 0 N–H and O–H groups in total. The Labute approximate surface area is 78.4 Å². The van der Waals surface area contributed by atoms with Crippen molar-refractivity contribution in [2.45, 2.75) is 26.2 Å². The third kappa shape index (κ3) is 1.74. The van der Waals surface area contributed by atoms with Crippen LogP contribution in [0.2, 0.25) is 0 Å². The molecule has 0 unspecified atom stereocenters. The SMILES string of the molecule is CCCCc1ccc2occc2c1. The minimum atomic E-state index is 0.986. The van der Waals surface area contributed by atoms with Gasteiger partial charge in [0.2, 0.25) is 0 Å². The molecule has 1 nitrogen and oxygen atoms in total. The molecule has 0 fully saturated rings. The van der Waals surface area contributed by atoms with Crippen molar-refractivity contribution in [1.82, 2.24) is 0 Å². The summed E-state index contributed by atoms with van der Waals surface area (Å²) in [5.74, 6) is 0. The van der Waals surface area contributed by atoms with Gasteiger partial charge in [0.05, 0.1) is 6.26 Å². The highest BCUT2D eigenvalue weighted by Gasteiger charge is 1.97. The second-order valence-electron chi connectivity index (χ2n) is 3.40. The van der Waals surface area contributed by atoms with Gasteiger partial charge in [-0.15, -0.1) is 0 Å². The molecule has 13 heavy (non-hydrogen) atoms. The van der Waals surface area contributed by atoms with Gasteiger partial charge in [-0.2, -0.15) is 0 Å². The molecule has 1 heteroatoms. The number of unbranched alkanes of at least 4 members (excludes halogenated alkanes) is 1. The Morgan fingerprint density at radius 1 is 1.23 bits per heavy atom. The lowest BCUT2D eigenvalue weighted by Crippen LogP contribution is -1.82. The maximum Gasteiger partial charge on any atom is 0.133 e. The highest BCUT2D eigenvalue weighted by atomic mass is 16.3. The van der Waals surface area contributed by atoms with Crippen LogP contribution in [0.25, 0.3) is 11.0 Å². The normalized spacial score (nSPS) is 10.8. The van der Waals surface area contributed by atoms with Crippen molar-refractivity contribution < 1.29 is 4.42 Å². The number of rotatable bonds is 3. The molecule has 0 saturated heterocycles. The second kappa shape index (κ2) is 3.65. The predicted molar refractivity (Wildman–Crippen MR) is 54.8 cm³/mol. The zero-order valence-electron chi connectivity index (χ0n) is 7.92. The van der Waals surface area contributed by atoms with Crippen molar-refractivity contribution >= 4 is 11.0 Å². The Hall–Kier alpha value is -1.24. The van der Waals surface area contributed by atoms with Gasteiger partial charge in [-0.3, -0.25) is 0 Å². The fourth-order valence-electron chi connectivity index (χ4n) is 1.55. The Kier molecular flexibility index (Phi) is 2.35. The summed E-state index contributed by atoms with van der Waals surface area (Å²) in [7, 11) is 0. The van der Waals surface area contributed by atoms with Gasteiger partial charge in [-0.05, 0) is 36.6 Å². The van der Waals surface area contributed by atoms with Crippen LogP contribution in [0.15, 0.2) is 34.9 Å². The maximum absolute atomic E-state index is 5.28. The number of hydrogen-bond donors (Lipinski definition) is 0. The van der Waals surface area contributed by atoms with Crippen molar-refractivity contribution in [3.05, 3.63) is 36.1 Å². The third-order valence-corrected chi connectivity index (χ3v) is 2.34. The minimum absolute atomic E-state index is 0.986. The van der Waals surface area contributed by atoms with E-state index in [4.69, 9.17) is 4.42 Å². The number of benzene rings is 1. The number of furan rings is 1. The first-order chi connectivity index (χ1) is 6.40. The van der Waals surface area contributed by atoms with Gasteiger partial charge in [-0.1, -0.05) is 19.4 Å². The van der Waals surface area contributed by atoms with Crippen molar-refractivity contribution in [3.63, 3.8) is 0 Å². The zero-order valence-corrected chi connectivity index (χ0v) is 7.92. The maximum atomic E-state index is 5.28. The molecule has 0 atom stereocenters. The molecule has 0 amide bonds. The summed E-state index contributed by atoms with van der Waals surface area (Å²) in [5.41, 5.74) is 2.40. The van der Waals surface area contributed by atoms with E-state index in [1.165, 1.54) is 30.2 Å². The molecule has 0 aliphatic heterocycles. The van der Waals surface area contributed by atoms with E-state index in [0.29, 0.717) is 0 Å². The smallest absolute Gasteiger partial charge is 0.133 e. The Bertz CT molecular complexity index is 387. The summed E-state index contributed by atoms with van der Waals surface area (Å²) >= 11 is 0. The summed E-state index contributed by atoms with van der Waals surface area (Å²) in [6.07, 6.45) is 5.44. The average molecular weight is 174 g/mol. The lowest BCUT2D eigenvalue weighted by atomic mass is 10.1. The van der Waals surface area contributed by atoms with Crippen LogP contribution in [0, 0.1) is 0 Å². The third-order valence-electron chi connectivity index (χ3n) is 2.34. The predicted octanol–water partition coefficient (Wildman–Crippen LogP) is 3.78. The molecule has 0 spiro atoms. The van der Waals surface area contributed by atoms with Crippen LogP contribution < -0.4 is 0 Å². The monoisotopic (exact) mass is 174 g/mol. The van der Waals surface area contributed by atoms with E-state index in [9.17, 15) is 0 Å². The molecule has 0 radical (unpaired) electrons. The lowest BCUT2D eigenvalue weighted by Gasteiger charge is -1.98. The summed E-state index contributed by atoms with van der Waals surface area (Å²) in [4.78, 5) is 0. The van der Waals surface area contributed by atoms with Gasteiger partial charge >= 0.3 is 0 Å². The largest absolute Gasteiger partial charge is 0.464 e. The topological polar surface area (TPSA) is 13.1 Å². The molecular formula is C12H14O. The van der Waals surface area contributed by atoms with Gasteiger partial charge in [0.15, 0.2) is 0 Å². The van der Waals surface area contributed by atoms with Crippen molar-refractivity contribution in [2.24, 2.45) is 0 Å². The highest BCUT2D eigenvalue weighted by molar-refractivity contribution is 5.77. The van der Waals surface area contributed by atoms with Crippen LogP contribution in [-0.4, -0.2) is 0 Å². The molecule has 2 rings (SSSR count). The Balaban J connectivity index is 2.26. The fraction of sp³-hybridized carbons (Fsp3) is 0.333. The Morgan fingerprint density at radius 3 is 3.00 bits per heavy atom. The highest BCUT2D eigenvalue weighted by Crippen LogP contribution is 2.17. The van der Waals surface area contributed by atoms with Gasteiger partial charge < -0.3 is 4.42 Å². The molecule has 1 heterocycles. The van der Waals surface area contributed by atoms with Crippen LogP contribution in [0.4, 0.5) is 0 Å². The van der Waals surface area contributed by atoms with E-state index >= 15 is 0 Å². The van der Waals surface area contributed by atoms with Gasteiger partial charge in [0.25, 0.3) is 0 Å². The van der Waals surface area contributed by atoms with Crippen LogP contribution in [0.3, 0.4) is 0 Å². The minimum Gasteiger partial charge on any atom is -0.464 e. The summed E-state index contributed by atoms with van der Waals surface area (Å²) < 4.78 is 5.28. The quantitative estimate of drug-likeness (QED) is 0.690. The first-order valence-corrected chi connectivity index (χ1v) is 4.86. The van der Waals surface area contributed by atoms with E-state index in [-0.39, 0.29) is 0 Å². The van der Waals surface area contributed by atoms with Crippen LogP contribution >= 0.6 is 0 Å². The standard InChI is InChI=1S/C12H14O/c1-2-3-4-10-5-6-12-11(9-10)7-8-13-12/h5-9H,2-4H2,1H3. The summed E-state index contributed by atoms with van der Waals surface area (Å²) in [6.45, 7) is 2.22. The lowest BCUT2D eigenvalue weighted by molar-refractivity contribution is 0.615. The zero-order chi connectivity index (χ0) is 9.10. The van der Waals surface area contributed by atoms with Crippen molar-refractivity contribution in [1.29, 1.82) is 0 Å². The van der Waals surface area contributed by atoms with E-state index in [0.717, 1.165) is 5.58 Å². The van der Waals surface area contributed by atoms with E-state index < -0.39 is 0 Å². The van der Waals surface area contributed by atoms with Crippen LogP contribution in [0.1, 0.15) is 25.3 Å². The van der Waals surface area contributed by atoms with E-state index in [1.807, 2.05) is 6.07 Å². The fourth-order valence-corrected chi connectivity index (χ4v) is 1.55. The van der Waals surface area contributed by atoms with Crippen LogP contribution in [-0.2, 0) is 6.42 Å². The molecule has 0 bridgehead atoms. The first kappa shape index (κ1) is 8.36. The average Bonchev–Trinajstić information content (AvgIpc) is 2.61. The number of fused-ring (bicyclic) bond motifs is 1. The van der Waals surface area contributed by atoms with Gasteiger partial charge in [-0.25, -0.2) is 0 Å². The number of hydrogen-bond acceptors (Lipinski definition) is 1. The molecule has 1 aromatic heterocycles. The Morgan fingerprint density at radius 2 is 2.15 bits per heavy atom. The van der Waals surface area contributed by atoms with Crippen LogP contribution in [0.5, 0.6) is 0 Å². The molecule has 0 saturated carbocycles. The van der Waals surface area contributed by atoms with E-state index in [2.05, 4.69) is 25.1 Å². The van der Waals surface area contributed by atoms with Gasteiger partial charge in [0.1, 0.15) is 5.58 Å². The summed E-state index contributed by atoms with van der Waals surface area (Å²) in [6, 6.07) is 8.45. The first-order valence-electron chi connectivity index (χ1n) is 4.86. The summed E-state index contributed by atoms with van der Waals surface area (Å²) in [5, 5.41) is 1.22. The van der Waals surface area contributed by atoms with Crippen molar-refractivity contribution in [3.8, 4) is 0 Å². The van der Waals surface area contributed by atoms with Crippen molar-refractivity contribution in [2.75, 3.05) is 0 Å². The van der Waals surface area contributed by atoms with Gasteiger partial charge in [0, 0.05) is 5.39 Å². The second-order valence-corrected chi connectivity index (χ2v) is 3.40. The molecule has 2 aromatic rings.